The van der Waals surface area contributed by atoms with Crippen LogP contribution in [0.5, 0.6) is 0 Å². The van der Waals surface area contributed by atoms with E-state index in [4.69, 9.17) is 15.6 Å². The number of rotatable bonds is 8. The zero-order valence-corrected chi connectivity index (χ0v) is 10.2. The van der Waals surface area contributed by atoms with Crippen LogP contribution in [0, 0.1) is 5.92 Å². The molecule has 0 aliphatic heterocycles. The summed E-state index contributed by atoms with van der Waals surface area (Å²) in [6, 6.07) is 0.0851. The Bertz CT molecular complexity index is 133. The number of aliphatic hydroxyl groups excluding tert-OH is 1. The fourth-order valence-electron chi connectivity index (χ4n) is 1.29. The van der Waals surface area contributed by atoms with Crippen LogP contribution in [0.15, 0.2) is 0 Å². The summed E-state index contributed by atoms with van der Waals surface area (Å²) < 4.78 is 4.95. The molecule has 0 aromatic rings. The molecule has 3 N–H and O–H groups in total. The van der Waals surface area contributed by atoms with Gasteiger partial charge in [-0.05, 0) is 12.3 Å². The van der Waals surface area contributed by atoms with Crippen molar-refractivity contribution in [1.82, 2.24) is 0 Å². The molecule has 0 aliphatic carbocycles. The van der Waals surface area contributed by atoms with Gasteiger partial charge in [0.05, 0.1) is 13.2 Å². The van der Waals surface area contributed by atoms with Gasteiger partial charge >= 0.3 is 0 Å². The van der Waals surface area contributed by atoms with Gasteiger partial charge in [0.15, 0.2) is 0 Å². The van der Waals surface area contributed by atoms with Crippen molar-refractivity contribution < 1.29 is 9.84 Å². The fourth-order valence-corrected chi connectivity index (χ4v) is 2.32. The van der Waals surface area contributed by atoms with Crippen molar-refractivity contribution in [3.05, 3.63) is 0 Å². The molecule has 0 aliphatic rings. The molecule has 2 unspecified atom stereocenters. The highest BCUT2D eigenvalue weighted by atomic mass is 32.2. The highest BCUT2D eigenvalue weighted by Crippen LogP contribution is 2.17. The normalized spacial score (nSPS) is 15.9. The second-order valence-corrected chi connectivity index (χ2v) is 5.23. The maximum atomic E-state index is 9.17. The molecule has 0 aromatic carbocycles. The molecular weight excluding hydrogens is 198 g/mol. The fraction of sp³-hybridized carbons (Fsp3) is 1.00. The summed E-state index contributed by atoms with van der Waals surface area (Å²) in [5.74, 6) is 1.48. The molecule has 0 heterocycles. The Balaban J connectivity index is 3.74. The SMILES string of the molecule is COCCSC(CO)C(N)CC(C)C. The van der Waals surface area contributed by atoms with E-state index < -0.39 is 0 Å². The average molecular weight is 221 g/mol. The van der Waals surface area contributed by atoms with Crippen molar-refractivity contribution in [2.45, 2.75) is 31.6 Å². The summed E-state index contributed by atoms with van der Waals surface area (Å²) in [6.07, 6.45) is 0.964. The summed E-state index contributed by atoms with van der Waals surface area (Å²) in [7, 11) is 1.68. The van der Waals surface area contributed by atoms with Crippen molar-refractivity contribution in [1.29, 1.82) is 0 Å². The molecule has 0 amide bonds. The van der Waals surface area contributed by atoms with Gasteiger partial charge in [0.25, 0.3) is 0 Å². The van der Waals surface area contributed by atoms with Gasteiger partial charge in [-0.25, -0.2) is 0 Å². The van der Waals surface area contributed by atoms with Gasteiger partial charge in [-0.3, -0.25) is 0 Å². The van der Waals surface area contributed by atoms with Crippen molar-refractivity contribution in [2.24, 2.45) is 11.7 Å². The Labute approximate surface area is 91.4 Å². The lowest BCUT2D eigenvalue weighted by Gasteiger charge is -2.22. The molecule has 86 valence electrons. The van der Waals surface area contributed by atoms with Crippen LogP contribution in [-0.2, 0) is 4.74 Å². The highest BCUT2D eigenvalue weighted by Gasteiger charge is 2.18. The van der Waals surface area contributed by atoms with Gasteiger partial charge in [-0.1, -0.05) is 13.8 Å². The maximum Gasteiger partial charge on any atom is 0.0565 e. The Morgan fingerprint density at radius 1 is 1.43 bits per heavy atom. The van der Waals surface area contributed by atoms with E-state index in [1.165, 1.54) is 0 Å². The van der Waals surface area contributed by atoms with E-state index in [0.29, 0.717) is 5.92 Å². The van der Waals surface area contributed by atoms with Gasteiger partial charge in [0.1, 0.15) is 0 Å². The highest BCUT2D eigenvalue weighted by molar-refractivity contribution is 8.00. The Morgan fingerprint density at radius 2 is 2.07 bits per heavy atom. The summed E-state index contributed by atoms with van der Waals surface area (Å²) >= 11 is 1.70. The quantitative estimate of drug-likeness (QED) is 0.603. The van der Waals surface area contributed by atoms with E-state index in [2.05, 4.69) is 13.8 Å². The van der Waals surface area contributed by atoms with Gasteiger partial charge in [0, 0.05) is 24.2 Å². The van der Waals surface area contributed by atoms with E-state index in [1.54, 1.807) is 18.9 Å². The second kappa shape index (κ2) is 8.53. The molecule has 0 spiro atoms. The largest absolute Gasteiger partial charge is 0.395 e. The molecule has 0 saturated heterocycles. The molecular formula is C10H23NO2S. The Kier molecular flexibility index (Phi) is 8.67. The summed E-state index contributed by atoms with van der Waals surface area (Å²) in [4.78, 5) is 0. The Hall–Kier alpha value is 0.230. The third-order valence-corrected chi connectivity index (χ3v) is 3.35. The average Bonchev–Trinajstić information content (AvgIpc) is 2.11. The minimum Gasteiger partial charge on any atom is -0.395 e. The third-order valence-electron chi connectivity index (χ3n) is 2.02. The summed E-state index contributed by atoms with van der Waals surface area (Å²) in [5, 5.41) is 9.31. The smallest absolute Gasteiger partial charge is 0.0565 e. The van der Waals surface area contributed by atoms with Gasteiger partial charge < -0.3 is 15.6 Å². The van der Waals surface area contributed by atoms with Crippen molar-refractivity contribution in [3.63, 3.8) is 0 Å². The first kappa shape index (κ1) is 14.2. The van der Waals surface area contributed by atoms with E-state index >= 15 is 0 Å². The van der Waals surface area contributed by atoms with Gasteiger partial charge in [-0.15, -0.1) is 0 Å². The molecule has 3 nitrogen and oxygen atoms in total. The van der Waals surface area contributed by atoms with Crippen LogP contribution in [0.2, 0.25) is 0 Å². The second-order valence-electron chi connectivity index (χ2n) is 3.88. The summed E-state index contributed by atoms with van der Waals surface area (Å²) in [6.45, 7) is 5.17. The molecule has 2 atom stereocenters. The first-order chi connectivity index (χ1) is 6.61. The first-order valence-corrected chi connectivity index (χ1v) is 6.13. The van der Waals surface area contributed by atoms with Gasteiger partial charge in [-0.2, -0.15) is 11.8 Å². The number of hydrogen-bond donors (Lipinski definition) is 2. The third kappa shape index (κ3) is 6.65. The molecule has 0 radical (unpaired) electrons. The number of thioether (sulfide) groups is 1. The molecule has 14 heavy (non-hydrogen) atoms. The van der Waals surface area contributed by atoms with E-state index in [9.17, 15) is 0 Å². The lowest BCUT2D eigenvalue weighted by molar-refractivity contribution is 0.218. The topological polar surface area (TPSA) is 55.5 Å². The molecule has 0 bridgehead atoms. The maximum absolute atomic E-state index is 9.17. The zero-order chi connectivity index (χ0) is 11.0. The van der Waals surface area contributed by atoms with Crippen LogP contribution in [0.3, 0.4) is 0 Å². The summed E-state index contributed by atoms with van der Waals surface area (Å²) in [5.41, 5.74) is 5.99. The molecule has 4 heteroatoms. The zero-order valence-electron chi connectivity index (χ0n) is 9.40. The number of ether oxygens (including phenoxy) is 1. The minimum absolute atomic E-state index is 0.0851. The number of hydrogen-bond acceptors (Lipinski definition) is 4. The van der Waals surface area contributed by atoms with Crippen LogP contribution in [0.1, 0.15) is 20.3 Å². The molecule has 0 aromatic heterocycles. The predicted octanol–water partition coefficient (Wildman–Crippen LogP) is 1.10. The van der Waals surface area contributed by atoms with E-state index in [0.717, 1.165) is 18.8 Å². The lowest BCUT2D eigenvalue weighted by atomic mass is 10.0. The van der Waals surface area contributed by atoms with Gasteiger partial charge in [0.2, 0.25) is 0 Å². The molecule has 0 rings (SSSR count). The van der Waals surface area contributed by atoms with Crippen molar-refractivity contribution >= 4 is 11.8 Å². The van der Waals surface area contributed by atoms with Crippen LogP contribution in [0.4, 0.5) is 0 Å². The van der Waals surface area contributed by atoms with E-state index in [1.807, 2.05) is 0 Å². The number of nitrogens with two attached hydrogens (primary N) is 1. The van der Waals surface area contributed by atoms with Crippen LogP contribution < -0.4 is 5.73 Å². The van der Waals surface area contributed by atoms with Crippen LogP contribution >= 0.6 is 11.8 Å². The van der Waals surface area contributed by atoms with Crippen LogP contribution in [0.25, 0.3) is 0 Å². The first-order valence-electron chi connectivity index (χ1n) is 5.08. The Morgan fingerprint density at radius 3 is 2.50 bits per heavy atom. The predicted molar refractivity (Wildman–Crippen MR) is 62.6 cm³/mol. The molecule has 0 saturated carbocycles. The van der Waals surface area contributed by atoms with Crippen molar-refractivity contribution in [3.8, 4) is 0 Å². The monoisotopic (exact) mass is 221 g/mol. The van der Waals surface area contributed by atoms with Crippen LogP contribution in [-0.4, -0.2) is 42.5 Å². The number of aliphatic hydroxyl groups is 1. The number of methoxy groups -OCH3 is 1. The minimum atomic E-state index is 0.0851. The molecule has 0 fully saturated rings. The van der Waals surface area contributed by atoms with Crippen molar-refractivity contribution in [2.75, 3.05) is 26.1 Å². The standard InChI is InChI=1S/C10H23NO2S/c1-8(2)6-9(11)10(7-12)14-5-4-13-3/h8-10,12H,4-7,11H2,1-3H3. The van der Waals surface area contributed by atoms with E-state index in [-0.39, 0.29) is 17.9 Å². The lowest BCUT2D eigenvalue weighted by Crippen LogP contribution is -2.36.